The molecule has 2 amide bonds. The monoisotopic (exact) mass is 475 g/mol. The van der Waals surface area contributed by atoms with Crippen LogP contribution < -0.4 is 20.9 Å². The van der Waals surface area contributed by atoms with Crippen LogP contribution in [0, 0.1) is 0 Å². The number of furan rings is 1. The molecule has 3 aromatic rings. The molecule has 1 heterocycles. The van der Waals surface area contributed by atoms with Gasteiger partial charge in [-0.15, -0.1) is 0 Å². The van der Waals surface area contributed by atoms with Crippen LogP contribution in [0.15, 0.2) is 63.7 Å². The highest BCUT2D eigenvalue weighted by Gasteiger charge is 2.20. The lowest BCUT2D eigenvalue weighted by atomic mass is 10.1. The number of nitrogens with one attached hydrogen (secondary N) is 3. The number of fused-ring (bicyclic) bond motifs is 1. The molecule has 1 atom stereocenters. The van der Waals surface area contributed by atoms with Crippen molar-refractivity contribution in [2.45, 2.75) is 19.4 Å². The van der Waals surface area contributed by atoms with Gasteiger partial charge in [0.15, 0.2) is 17.0 Å². The van der Waals surface area contributed by atoms with Crippen LogP contribution in [0.1, 0.15) is 23.9 Å². The van der Waals surface area contributed by atoms with E-state index >= 15 is 0 Å². The Morgan fingerprint density at radius 1 is 1.14 bits per heavy atom. The van der Waals surface area contributed by atoms with Gasteiger partial charge in [0.05, 0.1) is 10.7 Å². The van der Waals surface area contributed by atoms with E-state index in [1.54, 1.807) is 6.07 Å². The molecule has 150 valence electrons. The molecular formula is C20H18BrN3O4S. The fourth-order valence-corrected chi connectivity index (χ4v) is 3.31. The van der Waals surface area contributed by atoms with E-state index in [4.69, 9.17) is 21.4 Å². The van der Waals surface area contributed by atoms with Gasteiger partial charge in [-0.25, -0.2) is 0 Å². The summed E-state index contributed by atoms with van der Waals surface area (Å²) in [7, 11) is 0. The molecule has 7 nitrogen and oxygen atoms in total. The molecule has 0 unspecified atom stereocenters. The number of benzene rings is 2. The van der Waals surface area contributed by atoms with E-state index in [9.17, 15) is 9.59 Å². The third-order valence-corrected chi connectivity index (χ3v) is 5.05. The fraction of sp³-hybridized carbons (Fsp3) is 0.150. The number of rotatable bonds is 5. The molecular weight excluding hydrogens is 458 g/mol. The molecule has 0 bridgehead atoms. The second kappa shape index (κ2) is 9.53. The fourth-order valence-electron chi connectivity index (χ4n) is 2.58. The van der Waals surface area contributed by atoms with Crippen molar-refractivity contribution < 1.29 is 18.7 Å². The van der Waals surface area contributed by atoms with Gasteiger partial charge in [0.1, 0.15) is 5.75 Å². The largest absolute Gasteiger partial charge is 0.479 e. The molecule has 0 fully saturated rings. The van der Waals surface area contributed by atoms with E-state index in [1.165, 1.54) is 12.3 Å². The highest BCUT2D eigenvalue weighted by Crippen LogP contribution is 2.33. The summed E-state index contributed by atoms with van der Waals surface area (Å²) in [4.78, 5) is 24.3. The van der Waals surface area contributed by atoms with E-state index in [0.717, 1.165) is 15.2 Å². The Labute approximate surface area is 180 Å². The molecule has 9 heteroatoms. The zero-order valence-electron chi connectivity index (χ0n) is 15.4. The average molecular weight is 476 g/mol. The van der Waals surface area contributed by atoms with Crippen molar-refractivity contribution in [3.63, 3.8) is 0 Å². The SMILES string of the molecule is CC[C@H](Oc1ccc2ccccc2c1Br)C(=O)NNC(=S)NC(=O)c1ccco1. The van der Waals surface area contributed by atoms with Crippen molar-refractivity contribution in [2.24, 2.45) is 0 Å². The molecule has 3 N–H and O–H groups in total. The van der Waals surface area contributed by atoms with Gasteiger partial charge in [-0.2, -0.15) is 0 Å². The quantitative estimate of drug-likeness (QED) is 0.384. The summed E-state index contributed by atoms with van der Waals surface area (Å²) in [5.74, 6) is -0.289. The normalized spacial score (nSPS) is 11.5. The number of carbonyl (C=O) groups excluding carboxylic acids is 2. The molecule has 1 aromatic heterocycles. The Morgan fingerprint density at radius 3 is 2.66 bits per heavy atom. The molecule has 2 aromatic carbocycles. The minimum Gasteiger partial charge on any atom is -0.479 e. The summed E-state index contributed by atoms with van der Waals surface area (Å²) < 4.78 is 11.6. The van der Waals surface area contributed by atoms with Crippen molar-refractivity contribution >= 4 is 55.8 Å². The summed E-state index contributed by atoms with van der Waals surface area (Å²) in [6.07, 6.45) is 1.04. The number of thiocarbonyl (C=S) groups is 1. The van der Waals surface area contributed by atoms with Crippen LogP contribution in [0.2, 0.25) is 0 Å². The lowest BCUT2D eigenvalue weighted by Gasteiger charge is -2.19. The van der Waals surface area contributed by atoms with Crippen molar-refractivity contribution in [3.8, 4) is 5.75 Å². The van der Waals surface area contributed by atoms with Crippen LogP contribution in [-0.4, -0.2) is 23.0 Å². The molecule has 29 heavy (non-hydrogen) atoms. The summed E-state index contributed by atoms with van der Waals surface area (Å²) in [6.45, 7) is 1.83. The Balaban J connectivity index is 1.58. The standard InChI is InChI=1S/C20H18BrN3O4S/c1-2-14(28-15-10-9-12-6-3-4-7-13(12)17(15)21)19(26)23-24-20(29)22-18(25)16-8-5-11-27-16/h3-11,14H,2H2,1H3,(H,23,26)(H2,22,24,25,29)/t14-/m0/s1. The predicted molar refractivity (Wildman–Crippen MR) is 116 cm³/mol. The zero-order chi connectivity index (χ0) is 20.8. The molecule has 0 aliphatic rings. The first-order valence-corrected chi connectivity index (χ1v) is 9.98. The predicted octanol–water partition coefficient (Wildman–Crippen LogP) is 3.69. The van der Waals surface area contributed by atoms with Crippen molar-refractivity contribution in [2.75, 3.05) is 0 Å². The van der Waals surface area contributed by atoms with Gasteiger partial charge in [-0.3, -0.25) is 25.8 Å². The molecule has 0 saturated heterocycles. The maximum Gasteiger partial charge on any atom is 0.293 e. The first kappa shape index (κ1) is 20.8. The zero-order valence-corrected chi connectivity index (χ0v) is 17.8. The number of amides is 2. The van der Waals surface area contributed by atoms with Crippen LogP contribution in [0.25, 0.3) is 10.8 Å². The van der Waals surface area contributed by atoms with E-state index < -0.39 is 17.9 Å². The highest BCUT2D eigenvalue weighted by atomic mass is 79.9. The molecule has 3 rings (SSSR count). The van der Waals surface area contributed by atoms with Gasteiger partial charge in [-0.1, -0.05) is 37.3 Å². The van der Waals surface area contributed by atoms with Gasteiger partial charge < -0.3 is 9.15 Å². The number of hydrogen-bond donors (Lipinski definition) is 3. The van der Waals surface area contributed by atoms with Gasteiger partial charge in [0.25, 0.3) is 11.8 Å². The first-order chi connectivity index (χ1) is 14.0. The van der Waals surface area contributed by atoms with Crippen LogP contribution in [0.4, 0.5) is 0 Å². The average Bonchev–Trinajstić information content (AvgIpc) is 3.27. The van der Waals surface area contributed by atoms with E-state index in [1.807, 2.05) is 43.3 Å². The number of hydrazine groups is 1. The molecule has 0 aliphatic carbocycles. The van der Waals surface area contributed by atoms with Crippen LogP contribution in [0.5, 0.6) is 5.75 Å². The topological polar surface area (TPSA) is 92.6 Å². The number of halogens is 1. The minimum atomic E-state index is -0.761. The smallest absolute Gasteiger partial charge is 0.293 e. The second-order valence-corrected chi connectivity index (χ2v) is 7.19. The summed E-state index contributed by atoms with van der Waals surface area (Å²) in [6, 6.07) is 14.7. The van der Waals surface area contributed by atoms with Crippen LogP contribution >= 0.6 is 28.1 Å². The Morgan fingerprint density at radius 2 is 1.93 bits per heavy atom. The van der Waals surface area contributed by atoms with Crippen molar-refractivity contribution in [3.05, 3.63) is 65.0 Å². The summed E-state index contributed by atoms with van der Waals surface area (Å²) >= 11 is 8.55. The number of ether oxygens (including phenoxy) is 1. The lowest BCUT2D eigenvalue weighted by molar-refractivity contribution is -0.128. The van der Waals surface area contributed by atoms with Crippen LogP contribution in [-0.2, 0) is 4.79 Å². The second-order valence-electron chi connectivity index (χ2n) is 5.99. The van der Waals surface area contributed by atoms with E-state index in [0.29, 0.717) is 12.2 Å². The Bertz CT molecular complexity index is 1040. The lowest BCUT2D eigenvalue weighted by Crippen LogP contribution is -2.52. The van der Waals surface area contributed by atoms with Gasteiger partial charge in [-0.05, 0) is 63.5 Å². The molecule has 0 radical (unpaired) electrons. The molecule has 0 saturated carbocycles. The molecule has 0 aliphatic heterocycles. The number of carbonyl (C=O) groups is 2. The van der Waals surface area contributed by atoms with Crippen LogP contribution in [0.3, 0.4) is 0 Å². The summed E-state index contributed by atoms with van der Waals surface area (Å²) in [5, 5.41) is 4.38. The first-order valence-electron chi connectivity index (χ1n) is 8.78. The third-order valence-electron chi connectivity index (χ3n) is 4.03. The Kier molecular flexibility index (Phi) is 6.84. The van der Waals surface area contributed by atoms with Crippen molar-refractivity contribution in [1.29, 1.82) is 0 Å². The maximum atomic E-state index is 12.5. The minimum absolute atomic E-state index is 0.0681. The number of hydrogen-bond acceptors (Lipinski definition) is 5. The third kappa shape index (κ3) is 5.12. The maximum absolute atomic E-state index is 12.5. The van der Waals surface area contributed by atoms with Gasteiger partial charge in [0.2, 0.25) is 0 Å². The van der Waals surface area contributed by atoms with E-state index in [2.05, 4.69) is 32.1 Å². The van der Waals surface area contributed by atoms with Gasteiger partial charge in [0, 0.05) is 0 Å². The molecule has 0 spiro atoms. The van der Waals surface area contributed by atoms with E-state index in [-0.39, 0.29) is 10.9 Å². The van der Waals surface area contributed by atoms with Crippen molar-refractivity contribution in [1.82, 2.24) is 16.2 Å². The summed E-state index contributed by atoms with van der Waals surface area (Å²) in [5.41, 5.74) is 4.93. The Hall–Kier alpha value is -2.91. The highest BCUT2D eigenvalue weighted by molar-refractivity contribution is 9.10. The van der Waals surface area contributed by atoms with Gasteiger partial charge >= 0.3 is 0 Å².